The first kappa shape index (κ1) is 13.5. The van der Waals surface area contributed by atoms with Gasteiger partial charge >= 0.3 is 0 Å². The van der Waals surface area contributed by atoms with Gasteiger partial charge in [-0.05, 0) is 30.7 Å². The summed E-state index contributed by atoms with van der Waals surface area (Å²) in [6.07, 6.45) is 0. The molecule has 3 rings (SSSR count). The molecule has 21 heavy (non-hydrogen) atoms. The van der Waals surface area contributed by atoms with Gasteiger partial charge in [-0.25, -0.2) is 9.37 Å². The van der Waals surface area contributed by atoms with Gasteiger partial charge in [-0.2, -0.15) is 5.26 Å². The maximum absolute atomic E-state index is 14.1. The molecule has 0 bridgehead atoms. The predicted molar refractivity (Wildman–Crippen MR) is 82.4 cm³/mol. The van der Waals surface area contributed by atoms with E-state index in [2.05, 4.69) is 11.1 Å². The van der Waals surface area contributed by atoms with Crippen molar-refractivity contribution in [3.63, 3.8) is 0 Å². The zero-order valence-corrected chi connectivity index (χ0v) is 12.1. The normalized spacial score (nSPS) is 10.3. The van der Waals surface area contributed by atoms with Crippen molar-refractivity contribution >= 4 is 11.3 Å². The van der Waals surface area contributed by atoms with Gasteiger partial charge in [0.25, 0.3) is 0 Å². The van der Waals surface area contributed by atoms with Crippen molar-refractivity contribution in [3.05, 3.63) is 64.8 Å². The number of nitriles is 1. The first-order chi connectivity index (χ1) is 10.2. The first-order valence-electron chi connectivity index (χ1n) is 6.40. The van der Waals surface area contributed by atoms with Gasteiger partial charge in [0.05, 0.1) is 17.3 Å². The lowest BCUT2D eigenvalue weighted by Crippen LogP contribution is -1.87. The van der Waals surface area contributed by atoms with E-state index in [9.17, 15) is 4.39 Å². The molecule has 2 aromatic carbocycles. The maximum atomic E-state index is 14.1. The Morgan fingerprint density at radius 3 is 2.62 bits per heavy atom. The molecule has 0 aliphatic heterocycles. The highest BCUT2D eigenvalue weighted by atomic mass is 32.1. The van der Waals surface area contributed by atoms with Gasteiger partial charge in [0.1, 0.15) is 10.8 Å². The molecule has 102 valence electrons. The summed E-state index contributed by atoms with van der Waals surface area (Å²) in [6, 6.07) is 14.6. The molecule has 1 aromatic heterocycles. The summed E-state index contributed by atoms with van der Waals surface area (Å²) >= 11 is 1.41. The minimum atomic E-state index is -0.224. The Balaban J connectivity index is 2.00. The zero-order chi connectivity index (χ0) is 14.8. The molecule has 0 aliphatic rings. The summed E-state index contributed by atoms with van der Waals surface area (Å²) in [5, 5.41) is 11.4. The molecule has 0 atom stereocenters. The molecule has 0 amide bonds. The van der Waals surface area contributed by atoms with E-state index in [1.54, 1.807) is 31.2 Å². The molecule has 0 saturated heterocycles. The molecule has 2 nitrogen and oxygen atoms in total. The predicted octanol–water partition coefficient (Wildman–Crippen LogP) is 4.80. The lowest BCUT2D eigenvalue weighted by atomic mass is 10.1. The summed E-state index contributed by atoms with van der Waals surface area (Å²) < 4.78 is 14.1. The van der Waals surface area contributed by atoms with E-state index in [1.165, 1.54) is 11.3 Å². The molecule has 0 N–H and O–H groups in total. The minimum absolute atomic E-state index is 0.224. The molecule has 0 radical (unpaired) electrons. The van der Waals surface area contributed by atoms with E-state index in [-0.39, 0.29) is 5.82 Å². The molecule has 0 fully saturated rings. The molecule has 0 spiro atoms. The Morgan fingerprint density at radius 2 is 1.90 bits per heavy atom. The number of hydrogen-bond acceptors (Lipinski definition) is 3. The van der Waals surface area contributed by atoms with E-state index < -0.39 is 0 Å². The molecule has 0 saturated carbocycles. The quantitative estimate of drug-likeness (QED) is 0.681. The lowest BCUT2D eigenvalue weighted by molar-refractivity contribution is 0.622. The average Bonchev–Trinajstić information content (AvgIpc) is 3.00. The second-order valence-corrected chi connectivity index (χ2v) is 5.52. The van der Waals surface area contributed by atoms with E-state index in [0.717, 1.165) is 11.3 Å². The molecule has 0 unspecified atom stereocenters. The van der Waals surface area contributed by atoms with Gasteiger partial charge in [0.2, 0.25) is 0 Å². The van der Waals surface area contributed by atoms with Crippen LogP contribution in [0.5, 0.6) is 0 Å². The monoisotopic (exact) mass is 294 g/mol. The van der Waals surface area contributed by atoms with Crippen molar-refractivity contribution < 1.29 is 4.39 Å². The van der Waals surface area contributed by atoms with E-state index in [1.807, 2.05) is 23.6 Å². The fourth-order valence-corrected chi connectivity index (χ4v) is 2.91. The second-order valence-electron chi connectivity index (χ2n) is 4.66. The van der Waals surface area contributed by atoms with Crippen LogP contribution < -0.4 is 0 Å². The van der Waals surface area contributed by atoms with E-state index in [0.29, 0.717) is 21.7 Å². The number of rotatable bonds is 2. The fraction of sp³-hybridized carbons (Fsp3) is 0.0588. The van der Waals surface area contributed by atoms with Gasteiger partial charge in [0, 0.05) is 16.5 Å². The lowest BCUT2D eigenvalue weighted by Gasteiger charge is -2.01. The number of aryl methyl sites for hydroxylation is 1. The topological polar surface area (TPSA) is 36.7 Å². The van der Waals surface area contributed by atoms with Crippen molar-refractivity contribution in [2.24, 2.45) is 0 Å². The van der Waals surface area contributed by atoms with Crippen LogP contribution in [0.1, 0.15) is 11.1 Å². The van der Waals surface area contributed by atoms with Crippen LogP contribution in [0.15, 0.2) is 47.8 Å². The third-order valence-corrected chi connectivity index (χ3v) is 4.11. The second kappa shape index (κ2) is 5.47. The third-order valence-electron chi connectivity index (χ3n) is 3.24. The summed E-state index contributed by atoms with van der Waals surface area (Å²) in [6.45, 7) is 1.74. The number of hydrogen-bond donors (Lipinski definition) is 0. The largest absolute Gasteiger partial charge is 0.236 e. The number of nitrogens with zero attached hydrogens (tertiary/aromatic N) is 2. The maximum Gasteiger partial charge on any atom is 0.136 e. The Labute approximate surface area is 126 Å². The first-order valence-corrected chi connectivity index (χ1v) is 7.28. The molecular weight excluding hydrogens is 283 g/mol. The average molecular weight is 294 g/mol. The van der Waals surface area contributed by atoms with Crippen molar-refractivity contribution in [1.82, 2.24) is 4.98 Å². The Bertz CT molecular complexity index is 829. The molecule has 4 heteroatoms. The molecule has 0 aliphatic carbocycles. The van der Waals surface area contributed by atoms with Gasteiger partial charge in [0.15, 0.2) is 0 Å². The van der Waals surface area contributed by atoms with Crippen molar-refractivity contribution in [1.29, 1.82) is 5.26 Å². The highest BCUT2D eigenvalue weighted by molar-refractivity contribution is 7.13. The molecule has 1 heterocycles. The van der Waals surface area contributed by atoms with Gasteiger partial charge in [-0.1, -0.05) is 24.3 Å². The fourth-order valence-electron chi connectivity index (χ4n) is 2.06. The van der Waals surface area contributed by atoms with Crippen molar-refractivity contribution in [2.75, 3.05) is 0 Å². The van der Waals surface area contributed by atoms with Crippen LogP contribution in [-0.2, 0) is 0 Å². The van der Waals surface area contributed by atoms with E-state index in [4.69, 9.17) is 5.26 Å². The number of thiazole rings is 1. The van der Waals surface area contributed by atoms with Crippen LogP contribution in [0.25, 0.3) is 21.8 Å². The van der Waals surface area contributed by atoms with Crippen LogP contribution >= 0.6 is 11.3 Å². The third kappa shape index (κ3) is 2.56. The van der Waals surface area contributed by atoms with Crippen LogP contribution in [0, 0.1) is 24.1 Å². The zero-order valence-electron chi connectivity index (χ0n) is 11.3. The van der Waals surface area contributed by atoms with Crippen molar-refractivity contribution in [2.45, 2.75) is 6.92 Å². The Hall–Kier alpha value is -2.51. The van der Waals surface area contributed by atoms with Gasteiger partial charge < -0.3 is 0 Å². The highest BCUT2D eigenvalue weighted by Crippen LogP contribution is 2.31. The van der Waals surface area contributed by atoms with Crippen LogP contribution in [-0.4, -0.2) is 4.98 Å². The Kier molecular flexibility index (Phi) is 3.51. The highest BCUT2D eigenvalue weighted by Gasteiger charge is 2.12. The number of halogens is 1. The molecular formula is C17H11FN2S. The Morgan fingerprint density at radius 1 is 1.14 bits per heavy atom. The van der Waals surface area contributed by atoms with E-state index >= 15 is 0 Å². The van der Waals surface area contributed by atoms with Crippen LogP contribution in [0.2, 0.25) is 0 Å². The molecule has 3 aromatic rings. The van der Waals surface area contributed by atoms with Crippen molar-refractivity contribution in [3.8, 4) is 27.9 Å². The number of aromatic nitrogens is 1. The summed E-state index contributed by atoms with van der Waals surface area (Å²) in [4.78, 5) is 4.50. The van der Waals surface area contributed by atoms with Crippen LogP contribution in [0.4, 0.5) is 4.39 Å². The summed E-state index contributed by atoms with van der Waals surface area (Å²) in [5.41, 5.74) is 3.46. The minimum Gasteiger partial charge on any atom is -0.236 e. The SMILES string of the molecule is Cc1cccc(-c2nc(-c3ccc(C#N)cc3)cs2)c1F. The number of benzene rings is 2. The summed E-state index contributed by atoms with van der Waals surface area (Å²) in [7, 11) is 0. The van der Waals surface area contributed by atoms with Gasteiger partial charge in [-0.3, -0.25) is 0 Å². The summed E-state index contributed by atoms with van der Waals surface area (Å²) in [5.74, 6) is -0.224. The standard InChI is InChI=1S/C17H11FN2S/c1-11-3-2-4-14(16(11)18)17-20-15(10-21-17)13-7-5-12(9-19)6-8-13/h2-8,10H,1H3. The van der Waals surface area contributed by atoms with Gasteiger partial charge in [-0.15, -0.1) is 11.3 Å². The van der Waals surface area contributed by atoms with Crippen LogP contribution in [0.3, 0.4) is 0 Å². The smallest absolute Gasteiger partial charge is 0.136 e.